The van der Waals surface area contributed by atoms with E-state index < -0.39 is 15.6 Å². The SMILES string of the molecule is CC(C)(C)OC(=O)NC[C@H]1CC[C@H](CNC(=O)c2cc(-c3ccc(CNS(C)(=O)=O)cc3)nc3ccccc23)CC1. The molecule has 41 heavy (non-hydrogen) atoms. The Labute approximate surface area is 242 Å². The predicted octanol–water partition coefficient (Wildman–Crippen LogP) is 5.01. The van der Waals surface area contributed by atoms with E-state index in [9.17, 15) is 18.0 Å². The van der Waals surface area contributed by atoms with Gasteiger partial charge in [0.2, 0.25) is 10.0 Å². The first-order chi connectivity index (χ1) is 19.4. The summed E-state index contributed by atoms with van der Waals surface area (Å²) in [5, 5.41) is 6.82. The number of carbonyl (C=O) groups excluding carboxylic acids is 2. The highest BCUT2D eigenvalue weighted by Gasteiger charge is 2.24. The van der Waals surface area contributed by atoms with Crippen molar-refractivity contribution in [1.29, 1.82) is 0 Å². The van der Waals surface area contributed by atoms with Crippen LogP contribution in [0.4, 0.5) is 4.79 Å². The molecule has 220 valence electrons. The first-order valence-electron chi connectivity index (χ1n) is 14.0. The molecule has 9 nitrogen and oxygen atoms in total. The number of hydrogen-bond donors (Lipinski definition) is 3. The van der Waals surface area contributed by atoms with Crippen LogP contribution in [-0.4, -0.2) is 50.3 Å². The van der Waals surface area contributed by atoms with Gasteiger partial charge in [-0.1, -0.05) is 42.5 Å². The van der Waals surface area contributed by atoms with Crippen molar-refractivity contribution in [3.8, 4) is 11.3 Å². The maximum atomic E-state index is 13.4. The van der Waals surface area contributed by atoms with Gasteiger partial charge in [0, 0.05) is 30.6 Å². The third-order valence-electron chi connectivity index (χ3n) is 7.20. The van der Waals surface area contributed by atoms with Gasteiger partial charge < -0.3 is 15.4 Å². The van der Waals surface area contributed by atoms with Gasteiger partial charge in [-0.3, -0.25) is 4.79 Å². The number of para-hydroxylation sites is 1. The number of aromatic nitrogens is 1. The molecule has 1 saturated carbocycles. The van der Waals surface area contributed by atoms with Crippen molar-refractivity contribution >= 4 is 32.9 Å². The first-order valence-corrected chi connectivity index (χ1v) is 15.9. The number of nitrogens with zero attached hydrogens (tertiary/aromatic N) is 1. The Balaban J connectivity index is 1.36. The molecule has 1 aromatic heterocycles. The van der Waals surface area contributed by atoms with Crippen LogP contribution < -0.4 is 15.4 Å². The number of ether oxygens (including phenoxy) is 1. The molecule has 0 unspecified atom stereocenters. The van der Waals surface area contributed by atoms with Crippen molar-refractivity contribution in [3.05, 3.63) is 65.7 Å². The second-order valence-corrected chi connectivity index (χ2v) is 13.7. The quantitative estimate of drug-likeness (QED) is 0.327. The maximum Gasteiger partial charge on any atom is 0.407 e. The molecular weight excluding hydrogens is 540 g/mol. The van der Waals surface area contributed by atoms with Crippen LogP contribution in [0.1, 0.15) is 62.4 Å². The van der Waals surface area contributed by atoms with E-state index in [1.165, 1.54) is 0 Å². The molecule has 2 aromatic carbocycles. The summed E-state index contributed by atoms with van der Waals surface area (Å²) in [4.78, 5) is 30.1. The highest BCUT2D eigenvalue weighted by atomic mass is 32.2. The fourth-order valence-corrected chi connectivity index (χ4v) is 5.46. The van der Waals surface area contributed by atoms with E-state index >= 15 is 0 Å². The van der Waals surface area contributed by atoms with Crippen molar-refractivity contribution in [1.82, 2.24) is 20.3 Å². The number of rotatable bonds is 9. The van der Waals surface area contributed by atoms with Crippen LogP contribution >= 0.6 is 0 Å². The molecule has 0 bridgehead atoms. The highest BCUT2D eigenvalue weighted by molar-refractivity contribution is 7.88. The zero-order chi connectivity index (χ0) is 29.6. The average molecular weight is 581 g/mol. The summed E-state index contributed by atoms with van der Waals surface area (Å²) in [5.74, 6) is 0.666. The van der Waals surface area contributed by atoms with E-state index in [1.54, 1.807) is 0 Å². The largest absolute Gasteiger partial charge is 0.444 e. The Kier molecular flexibility index (Phi) is 9.65. The minimum absolute atomic E-state index is 0.132. The lowest BCUT2D eigenvalue weighted by Gasteiger charge is -2.29. The summed E-state index contributed by atoms with van der Waals surface area (Å²) in [7, 11) is -3.28. The van der Waals surface area contributed by atoms with Crippen molar-refractivity contribution < 1.29 is 22.7 Å². The number of amides is 2. The number of alkyl carbamates (subject to hydrolysis) is 1. The van der Waals surface area contributed by atoms with Crippen molar-refractivity contribution in [2.45, 2.75) is 58.6 Å². The van der Waals surface area contributed by atoms with E-state index in [4.69, 9.17) is 9.72 Å². The average Bonchev–Trinajstić information content (AvgIpc) is 2.92. The number of carbonyl (C=O) groups is 2. The molecule has 3 aromatic rings. The Morgan fingerprint density at radius 1 is 0.927 bits per heavy atom. The van der Waals surface area contributed by atoms with Crippen LogP contribution in [-0.2, 0) is 21.3 Å². The second kappa shape index (κ2) is 13.0. The molecule has 3 N–H and O–H groups in total. The molecule has 0 spiro atoms. The monoisotopic (exact) mass is 580 g/mol. The Bertz CT molecular complexity index is 1470. The van der Waals surface area contributed by atoms with E-state index in [-0.39, 0.29) is 18.5 Å². The van der Waals surface area contributed by atoms with Crippen LogP contribution in [0.3, 0.4) is 0 Å². The van der Waals surface area contributed by atoms with Gasteiger partial charge in [0.1, 0.15) is 5.60 Å². The van der Waals surface area contributed by atoms with Crippen LogP contribution in [0.25, 0.3) is 22.2 Å². The van der Waals surface area contributed by atoms with Gasteiger partial charge in [0.05, 0.1) is 23.0 Å². The summed E-state index contributed by atoms with van der Waals surface area (Å²) in [6.45, 7) is 6.96. The molecule has 0 radical (unpaired) electrons. The Morgan fingerprint density at radius 2 is 1.54 bits per heavy atom. The molecule has 0 aliphatic heterocycles. The normalized spacial score (nSPS) is 17.7. The number of hydrogen-bond acceptors (Lipinski definition) is 6. The number of nitrogens with one attached hydrogen (secondary N) is 3. The van der Waals surface area contributed by atoms with E-state index in [1.807, 2.05) is 75.4 Å². The van der Waals surface area contributed by atoms with Gasteiger partial charge >= 0.3 is 6.09 Å². The van der Waals surface area contributed by atoms with Gasteiger partial charge in [-0.15, -0.1) is 0 Å². The topological polar surface area (TPSA) is 126 Å². The van der Waals surface area contributed by atoms with Gasteiger partial charge in [0.25, 0.3) is 5.91 Å². The van der Waals surface area contributed by atoms with E-state index in [2.05, 4.69) is 15.4 Å². The molecule has 1 fully saturated rings. The molecule has 0 atom stereocenters. The number of fused-ring (bicyclic) bond motifs is 1. The molecular formula is C31H40N4O5S. The second-order valence-electron chi connectivity index (χ2n) is 11.8. The number of pyridine rings is 1. The standard InChI is InChI=1S/C31H40N4O5S/c1-31(2,3)40-30(37)33-19-22-11-9-21(10-12-22)18-32-29(36)26-17-28(35-27-8-6-5-7-25(26)27)24-15-13-23(14-16-24)20-34-41(4,38)39/h5-8,13-17,21-22,34H,9-12,18-20H2,1-4H3,(H,32,36)(H,33,37)/t21-,22-. The molecule has 1 heterocycles. The Hall–Kier alpha value is -3.50. The summed E-state index contributed by atoms with van der Waals surface area (Å²) < 4.78 is 30.6. The van der Waals surface area contributed by atoms with E-state index in [0.717, 1.165) is 54.0 Å². The Morgan fingerprint density at radius 3 is 2.15 bits per heavy atom. The van der Waals surface area contributed by atoms with Crippen molar-refractivity contribution in [2.24, 2.45) is 11.8 Å². The molecule has 4 rings (SSSR count). The third-order valence-corrected chi connectivity index (χ3v) is 7.87. The number of benzene rings is 2. The molecule has 1 aliphatic carbocycles. The third kappa shape index (κ3) is 9.26. The lowest BCUT2D eigenvalue weighted by atomic mass is 9.82. The van der Waals surface area contributed by atoms with Gasteiger partial charge in [-0.2, -0.15) is 0 Å². The smallest absolute Gasteiger partial charge is 0.407 e. The van der Waals surface area contributed by atoms with Crippen LogP contribution in [0.2, 0.25) is 0 Å². The van der Waals surface area contributed by atoms with Crippen molar-refractivity contribution in [3.63, 3.8) is 0 Å². The molecule has 0 saturated heterocycles. The summed E-state index contributed by atoms with van der Waals surface area (Å²) in [5.41, 5.74) is 3.14. The lowest BCUT2D eigenvalue weighted by molar-refractivity contribution is 0.0512. The zero-order valence-electron chi connectivity index (χ0n) is 24.2. The molecule has 2 amide bonds. The highest BCUT2D eigenvalue weighted by Crippen LogP contribution is 2.29. The van der Waals surface area contributed by atoms with E-state index in [0.29, 0.717) is 36.2 Å². The summed E-state index contributed by atoms with van der Waals surface area (Å²) in [6, 6.07) is 16.9. The lowest BCUT2D eigenvalue weighted by Crippen LogP contribution is -2.37. The maximum absolute atomic E-state index is 13.4. The zero-order valence-corrected chi connectivity index (χ0v) is 25.0. The van der Waals surface area contributed by atoms with Crippen molar-refractivity contribution in [2.75, 3.05) is 19.3 Å². The number of sulfonamides is 1. The van der Waals surface area contributed by atoms with Crippen LogP contribution in [0.15, 0.2) is 54.6 Å². The van der Waals surface area contributed by atoms with Crippen LogP contribution in [0.5, 0.6) is 0 Å². The van der Waals surface area contributed by atoms with Gasteiger partial charge in [-0.05, 0) is 76.0 Å². The minimum Gasteiger partial charge on any atom is -0.444 e. The van der Waals surface area contributed by atoms with Crippen LogP contribution in [0, 0.1) is 11.8 Å². The minimum atomic E-state index is -3.28. The molecule has 10 heteroatoms. The fraction of sp³-hybridized carbons (Fsp3) is 0.452. The predicted molar refractivity (Wildman–Crippen MR) is 161 cm³/mol. The van der Waals surface area contributed by atoms with Gasteiger partial charge in [-0.25, -0.2) is 22.9 Å². The van der Waals surface area contributed by atoms with Gasteiger partial charge in [0.15, 0.2) is 0 Å². The fourth-order valence-electron chi connectivity index (χ4n) is 5.03. The summed E-state index contributed by atoms with van der Waals surface area (Å²) in [6.07, 6.45) is 4.72. The first kappa shape index (κ1) is 30.5. The molecule has 1 aliphatic rings. The summed E-state index contributed by atoms with van der Waals surface area (Å²) >= 11 is 0.